The maximum atomic E-state index is 13.0. The highest BCUT2D eigenvalue weighted by atomic mass is 32.1. The normalized spacial score (nSPS) is 10.8. The van der Waals surface area contributed by atoms with Gasteiger partial charge in [-0.15, -0.1) is 0 Å². The Labute approximate surface area is 185 Å². The van der Waals surface area contributed by atoms with Crippen molar-refractivity contribution in [3.05, 3.63) is 92.6 Å². The van der Waals surface area contributed by atoms with Gasteiger partial charge in [0.25, 0.3) is 11.5 Å². The minimum Gasteiger partial charge on any atom is -0.456 e. The van der Waals surface area contributed by atoms with E-state index in [1.165, 1.54) is 58.3 Å². The first-order valence-corrected chi connectivity index (χ1v) is 10.5. The lowest BCUT2D eigenvalue weighted by Gasteiger charge is -2.07. The summed E-state index contributed by atoms with van der Waals surface area (Å²) in [6.07, 6.45) is 0.693. The molecule has 0 unspecified atom stereocenters. The lowest BCUT2D eigenvalue weighted by atomic mass is 10.2. The predicted octanol–water partition coefficient (Wildman–Crippen LogP) is 3.46. The lowest BCUT2D eigenvalue weighted by Crippen LogP contribution is -2.16. The first-order valence-electron chi connectivity index (χ1n) is 9.65. The molecule has 0 radical (unpaired) electrons. The summed E-state index contributed by atoms with van der Waals surface area (Å²) in [6.45, 7) is 1.78. The molecule has 162 valence electrons. The molecule has 2 aromatic heterocycles. The number of carbonyl (C=O) groups is 2. The molecule has 0 saturated carbocycles. The van der Waals surface area contributed by atoms with Crippen LogP contribution in [-0.2, 0) is 17.8 Å². The molecule has 0 fully saturated rings. The van der Waals surface area contributed by atoms with Gasteiger partial charge in [0, 0.05) is 17.3 Å². The van der Waals surface area contributed by atoms with Crippen molar-refractivity contribution < 1.29 is 18.7 Å². The van der Waals surface area contributed by atoms with E-state index >= 15 is 0 Å². The summed E-state index contributed by atoms with van der Waals surface area (Å²) in [5.41, 5.74) is 1.04. The van der Waals surface area contributed by atoms with Crippen molar-refractivity contribution in [2.45, 2.75) is 20.0 Å². The number of amides is 1. The number of carbonyl (C=O) groups excluding carboxylic acids is 2. The molecule has 4 rings (SSSR count). The van der Waals surface area contributed by atoms with Gasteiger partial charge in [0.05, 0.1) is 11.3 Å². The standard InChI is InChI=1S/C22H17FN4O4S/c1-2-18-26-27-19(28)11-17(25-22(27)32-18)12-31-21(30)14-5-9-16(10-6-14)24-20(29)13-3-7-15(23)8-4-13/h3-11H,2,12H2,1H3,(H,24,29). The maximum absolute atomic E-state index is 13.0. The van der Waals surface area contributed by atoms with Crippen LogP contribution in [0.15, 0.2) is 59.4 Å². The zero-order chi connectivity index (χ0) is 22.7. The molecule has 10 heteroatoms. The van der Waals surface area contributed by atoms with E-state index in [2.05, 4.69) is 15.4 Å². The molecule has 1 N–H and O–H groups in total. The van der Waals surface area contributed by atoms with Crippen LogP contribution in [0.4, 0.5) is 10.1 Å². The summed E-state index contributed by atoms with van der Waals surface area (Å²) in [5.74, 6) is -1.42. The maximum Gasteiger partial charge on any atom is 0.338 e. The number of ether oxygens (including phenoxy) is 1. The number of hydrogen-bond acceptors (Lipinski definition) is 7. The molecule has 32 heavy (non-hydrogen) atoms. The number of esters is 1. The van der Waals surface area contributed by atoms with Crippen molar-refractivity contribution in [1.82, 2.24) is 14.6 Å². The zero-order valence-corrected chi connectivity index (χ0v) is 17.7. The molecule has 0 aliphatic rings. The highest BCUT2D eigenvalue weighted by molar-refractivity contribution is 7.16. The Morgan fingerprint density at radius 3 is 2.47 bits per heavy atom. The average molecular weight is 452 g/mol. The molecule has 0 saturated heterocycles. The fourth-order valence-electron chi connectivity index (χ4n) is 2.83. The second-order valence-electron chi connectivity index (χ2n) is 6.74. The smallest absolute Gasteiger partial charge is 0.338 e. The number of halogens is 1. The van der Waals surface area contributed by atoms with Crippen LogP contribution in [0.5, 0.6) is 0 Å². The number of nitrogens with zero attached hydrogens (tertiary/aromatic N) is 3. The highest BCUT2D eigenvalue weighted by Crippen LogP contribution is 2.15. The average Bonchev–Trinajstić information content (AvgIpc) is 3.22. The van der Waals surface area contributed by atoms with Crippen LogP contribution in [0.3, 0.4) is 0 Å². The van der Waals surface area contributed by atoms with Gasteiger partial charge in [0.2, 0.25) is 4.96 Å². The number of rotatable bonds is 6. The van der Waals surface area contributed by atoms with Crippen LogP contribution in [-0.4, -0.2) is 26.5 Å². The lowest BCUT2D eigenvalue weighted by molar-refractivity contribution is 0.0467. The number of hydrogen-bond donors (Lipinski definition) is 1. The Hall–Kier alpha value is -3.92. The topological polar surface area (TPSA) is 103 Å². The molecule has 0 aliphatic carbocycles. The third kappa shape index (κ3) is 4.70. The molecular formula is C22H17FN4O4S. The molecule has 0 spiro atoms. The van der Waals surface area contributed by atoms with Gasteiger partial charge in [0.15, 0.2) is 0 Å². The van der Waals surface area contributed by atoms with E-state index in [0.29, 0.717) is 28.3 Å². The van der Waals surface area contributed by atoms with Crippen LogP contribution < -0.4 is 10.9 Å². The Bertz CT molecular complexity index is 1350. The monoisotopic (exact) mass is 452 g/mol. The van der Waals surface area contributed by atoms with E-state index in [4.69, 9.17) is 4.74 Å². The van der Waals surface area contributed by atoms with E-state index in [0.717, 1.165) is 5.01 Å². The van der Waals surface area contributed by atoms with Gasteiger partial charge >= 0.3 is 5.97 Å². The molecule has 0 bridgehead atoms. The largest absolute Gasteiger partial charge is 0.456 e. The molecule has 2 aromatic carbocycles. The number of anilines is 1. The third-order valence-electron chi connectivity index (χ3n) is 4.48. The van der Waals surface area contributed by atoms with Gasteiger partial charge in [-0.3, -0.25) is 9.59 Å². The van der Waals surface area contributed by atoms with Crippen molar-refractivity contribution in [2.24, 2.45) is 0 Å². The third-order valence-corrected chi connectivity index (χ3v) is 5.53. The van der Waals surface area contributed by atoms with Gasteiger partial charge in [-0.2, -0.15) is 9.61 Å². The molecular weight excluding hydrogens is 435 g/mol. The Morgan fingerprint density at radius 2 is 1.78 bits per heavy atom. The first-order chi connectivity index (χ1) is 15.4. The van der Waals surface area contributed by atoms with Gasteiger partial charge in [-0.25, -0.2) is 14.2 Å². The summed E-state index contributed by atoms with van der Waals surface area (Å²) in [5, 5.41) is 7.63. The van der Waals surface area contributed by atoms with Crippen LogP contribution >= 0.6 is 11.3 Å². The number of aryl methyl sites for hydroxylation is 1. The first kappa shape index (κ1) is 21.3. The number of nitrogens with one attached hydrogen (secondary N) is 1. The van der Waals surface area contributed by atoms with Crippen molar-refractivity contribution in [3.63, 3.8) is 0 Å². The number of fused-ring (bicyclic) bond motifs is 1. The highest BCUT2D eigenvalue weighted by Gasteiger charge is 2.12. The van der Waals surface area contributed by atoms with Crippen LogP contribution in [0.25, 0.3) is 4.96 Å². The Balaban J connectivity index is 1.38. The second-order valence-corrected chi connectivity index (χ2v) is 7.78. The summed E-state index contributed by atoms with van der Waals surface area (Å²) >= 11 is 1.31. The van der Waals surface area contributed by atoms with E-state index in [1.807, 2.05) is 6.92 Å². The molecule has 2 heterocycles. The van der Waals surface area contributed by atoms with E-state index in [1.54, 1.807) is 12.1 Å². The summed E-state index contributed by atoms with van der Waals surface area (Å²) in [4.78, 5) is 41.4. The zero-order valence-electron chi connectivity index (χ0n) is 16.9. The fourth-order valence-corrected chi connectivity index (χ4v) is 3.69. The number of benzene rings is 2. The van der Waals surface area contributed by atoms with Crippen LogP contribution in [0.2, 0.25) is 0 Å². The van der Waals surface area contributed by atoms with Crippen molar-refractivity contribution in [1.29, 1.82) is 0 Å². The summed E-state index contributed by atoms with van der Waals surface area (Å²) < 4.78 is 19.5. The van der Waals surface area contributed by atoms with Crippen molar-refractivity contribution >= 4 is 33.9 Å². The summed E-state index contributed by atoms with van der Waals surface area (Å²) in [7, 11) is 0. The minimum atomic E-state index is -0.595. The predicted molar refractivity (Wildman–Crippen MR) is 116 cm³/mol. The van der Waals surface area contributed by atoms with Crippen molar-refractivity contribution in [2.75, 3.05) is 5.32 Å². The van der Waals surface area contributed by atoms with E-state index < -0.39 is 17.7 Å². The number of aromatic nitrogens is 3. The van der Waals surface area contributed by atoms with Crippen molar-refractivity contribution in [3.8, 4) is 0 Å². The van der Waals surface area contributed by atoms with Crippen LogP contribution in [0.1, 0.15) is 38.3 Å². The van der Waals surface area contributed by atoms with Crippen LogP contribution in [0, 0.1) is 5.82 Å². The summed E-state index contributed by atoms with van der Waals surface area (Å²) in [6, 6.07) is 12.6. The Morgan fingerprint density at radius 1 is 1.09 bits per heavy atom. The van der Waals surface area contributed by atoms with Gasteiger partial charge in [-0.05, 0) is 55.0 Å². The molecule has 1 amide bonds. The van der Waals surface area contributed by atoms with Gasteiger partial charge < -0.3 is 10.1 Å². The minimum absolute atomic E-state index is 0.160. The van der Waals surface area contributed by atoms with E-state index in [-0.39, 0.29) is 17.7 Å². The SMILES string of the molecule is CCc1nn2c(=O)cc(COC(=O)c3ccc(NC(=O)c4ccc(F)cc4)cc3)nc2s1. The Kier molecular flexibility index (Phi) is 6.04. The molecule has 4 aromatic rings. The fraction of sp³-hybridized carbons (Fsp3) is 0.136. The molecule has 0 atom stereocenters. The van der Waals surface area contributed by atoms with E-state index in [9.17, 15) is 18.8 Å². The van der Waals surface area contributed by atoms with Gasteiger partial charge in [-0.1, -0.05) is 18.3 Å². The molecule has 8 nitrogen and oxygen atoms in total. The molecule has 0 aliphatic heterocycles. The second kappa shape index (κ2) is 9.06. The quantitative estimate of drug-likeness (QED) is 0.450. The van der Waals surface area contributed by atoms with Gasteiger partial charge in [0.1, 0.15) is 17.4 Å².